The molecule has 0 amide bonds. The molecule has 124 valence electrons. The Kier molecular flexibility index (Phi) is 5.59. The van der Waals surface area contributed by atoms with Gasteiger partial charge in [-0.25, -0.2) is 9.18 Å². The first-order valence-corrected chi connectivity index (χ1v) is 6.81. The number of ether oxygens (including phenoxy) is 3. The van der Waals surface area contributed by atoms with Crippen LogP contribution < -0.4 is 9.47 Å². The van der Waals surface area contributed by atoms with Gasteiger partial charge in [0.05, 0.1) is 25.5 Å². The predicted octanol–water partition coefficient (Wildman–Crippen LogP) is 4.14. The van der Waals surface area contributed by atoms with Gasteiger partial charge in [-0.15, -0.1) is 0 Å². The number of hydrogen-bond acceptors (Lipinski definition) is 5. The Morgan fingerprint density at radius 3 is 2.54 bits per heavy atom. The molecule has 0 saturated carbocycles. The van der Waals surface area contributed by atoms with Gasteiger partial charge in [-0.2, -0.15) is 0 Å². The van der Waals surface area contributed by atoms with Crippen LogP contribution in [0.15, 0.2) is 41.5 Å². The second-order valence-electron chi connectivity index (χ2n) is 4.62. The van der Waals surface area contributed by atoms with Gasteiger partial charge in [-0.1, -0.05) is 17.2 Å². The lowest BCUT2D eigenvalue weighted by Crippen LogP contribution is -2.04. The highest BCUT2D eigenvalue weighted by Gasteiger charge is 2.16. The van der Waals surface area contributed by atoms with Crippen LogP contribution >= 0.6 is 0 Å². The summed E-state index contributed by atoms with van der Waals surface area (Å²) in [6.45, 7) is 0.0857. The summed E-state index contributed by atoms with van der Waals surface area (Å²) >= 11 is 0. The third-order valence-electron chi connectivity index (χ3n) is 3.16. The van der Waals surface area contributed by atoms with E-state index in [0.717, 1.165) is 17.7 Å². The second-order valence-corrected chi connectivity index (χ2v) is 4.62. The van der Waals surface area contributed by atoms with Gasteiger partial charge >= 0.3 is 5.97 Å². The molecule has 24 heavy (non-hydrogen) atoms. The molecular formula is C16H14FN3O4. The minimum Gasteiger partial charge on any atom is -0.497 e. The van der Waals surface area contributed by atoms with Gasteiger partial charge < -0.3 is 14.2 Å². The van der Waals surface area contributed by atoms with Crippen LogP contribution in [0.5, 0.6) is 11.5 Å². The first-order chi connectivity index (χ1) is 11.6. The molecule has 8 heteroatoms. The van der Waals surface area contributed by atoms with Crippen molar-refractivity contribution in [2.45, 2.75) is 6.61 Å². The summed E-state index contributed by atoms with van der Waals surface area (Å²) in [4.78, 5) is 14.3. The van der Waals surface area contributed by atoms with Crippen LogP contribution in [-0.4, -0.2) is 20.2 Å². The molecule has 0 radical (unpaired) electrons. The van der Waals surface area contributed by atoms with Crippen molar-refractivity contribution in [2.24, 2.45) is 5.11 Å². The molecule has 0 bridgehead atoms. The normalized spacial score (nSPS) is 9.79. The highest BCUT2D eigenvalue weighted by Crippen LogP contribution is 2.29. The summed E-state index contributed by atoms with van der Waals surface area (Å²) in [5.74, 6) is -0.968. The van der Waals surface area contributed by atoms with E-state index < -0.39 is 11.8 Å². The quantitative estimate of drug-likeness (QED) is 0.344. The smallest absolute Gasteiger partial charge is 0.338 e. The minimum absolute atomic E-state index is 0.0820. The predicted molar refractivity (Wildman–Crippen MR) is 83.9 cm³/mol. The van der Waals surface area contributed by atoms with Gasteiger partial charge in [-0.3, -0.25) is 0 Å². The van der Waals surface area contributed by atoms with Crippen molar-refractivity contribution < 1.29 is 23.4 Å². The minimum atomic E-state index is -0.758. The van der Waals surface area contributed by atoms with Gasteiger partial charge in [0, 0.05) is 4.91 Å². The lowest BCUT2D eigenvalue weighted by molar-refractivity contribution is 0.0601. The summed E-state index contributed by atoms with van der Waals surface area (Å²) < 4.78 is 29.1. The van der Waals surface area contributed by atoms with E-state index in [0.29, 0.717) is 5.75 Å². The fourth-order valence-corrected chi connectivity index (χ4v) is 1.94. The summed E-state index contributed by atoms with van der Waals surface area (Å²) in [5.41, 5.74) is 9.03. The summed E-state index contributed by atoms with van der Waals surface area (Å²) in [7, 11) is 2.73. The molecular weight excluding hydrogens is 317 g/mol. The van der Waals surface area contributed by atoms with Crippen molar-refractivity contribution in [1.29, 1.82) is 0 Å². The van der Waals surface area contributed by atoms with E-state index in [1.54, 1.807) is 31.4 Å². The van der Waals surface area contributed by atoms with E-state index in [-0.39, 0.29) is 23.6 Å². The molecule has 0 heterocycles. The highest BCUT2D eigenvalue weighted by atomic mass is 19.1. The second kappa shape index (κ2) is 7.85. The number of esters is 1. The zero-order valence-corrected chi connectivity index (χ0v) is 13.0. The van der Waals surface area contributed by atoms with Crippen molar-refractivity contribution in [3.8, 4) is 11.5 Å². The molecule has 2 aromatic rings. The molecule has 7 nitrogen and oxygen atoms in total. The van der Waals surface area contributed by atoms with Gasteiger partial charge in [0.15, 0.2) is 11.6 Å². The summed E-state index contributed by atoms with van der Waals surface area (Å²) in [5, 5.41) is 3.29. The lowest BCUT2D eigenvalue weighted by atomic mass is 10.1. The Balaban J connectivity index is 2.25. The molecule has 0 unspecified atom stereocenters. The number of carbonyl (C=O) groups is 1. The molecule has 0 aromatic heterocycles. The van der Waals surface area contributed by atoms with Crippen molar-refractivity contribution in [3.63, 3.8) is 0 Å². The van der Waals surface area contributed by atoms with Crippen LogP contribution in [0, 0.1) is 5.82 Å². The first kappa shape index (κ1) is 17.1. The molecule has 0 atom stereocenters. The Hall–Kier alpha value is -3.25. The third kappa shape index (κ3) is 3.93. The number of benzene rings is 2. The number of halogens is 1. The molecule has 2 aromatic carbocycles. The van der Waals surface area contributed by atoms with E-state index in [1.807, 2.05) is 0 Å². The van der Waals surface area contributed by atoms with E-state index in [9.17, 15) is 9.18 Å². The van der Waals surface area contributed by atoms with E-state index in [1.165, 1.54) is 7.11 Å². The van der Waals surface area contributed by atoms with Crippen LogP contribution in [0.3, 0.4) is 0 Å². The number of methoxy groups -OCH3 is 2. The molecule has 0 fully saturated rings. The largest absolute Gasteiger partial charge is 0.497 e. The molecule has 0 aliphatic heterocycles. The fraction of sp³-hybridized carbons (Fsp3) is 0.188. The molecule has 2 rings (SSSR count). The maximum absolute atomic E-state index is 14.1. The Morgan fingerprint density at radius 2 is 1.96 bits per heavy atom. The molecule has 0 aliphatic carbocycles. The van der Waals surface area contributed by atoms with Gasteiger partial charge in [0.1, 0.15) is 12.4 Å². The highest BCUT2D eigenvalue weighted by molar-refractivity contribution is 5.95. The molecule has 0 spiro atoms. The van der Waals surface area contributed by atoms with Gasteiger partial charge in [0.2, 0.25) is 0 Å². The number of rotatable bonds is 6. The molecule has 0 saturated heterocycles. The number of hydrogen-bond donors (Lipinski definition) is 0. The maximum atomic E-state index is 14.1. The average Bonchev–Trinajstić information content (AvgIpc) is 2.61. The average molecular weight is 331 g/mol. The topological polar surface area (TPSA) is 93.5 Å². The third-order valence-corrected chi connectivity index (χ3v) is 3.16. The van der Waals surface area contributed by atoms with E-state index >= 15 is 0 Å². The van der Waals surface area contributed by atoms with E-state index in [2.05, 4.69) is 14.8 Å². The standard InChI is InChI=1S/C16H14FN3O4/c1-22-11-5-3-10(4-6-11)9-24-15-7-12(16(21)23-2)14(19-20-18)8-13(15)17/h3-8H,9H2,1-2H3. The summed E-state index contributed by atoms with van der Waals surface area (Å²) in [6.07, 6.45) is 0. The SMILES string of the molecule is COC(=O)c1cc(OCc2ccc(OC)cc2)c(F)cc1N=[N+]=[N-]. The molecule has 0 N–H and O–H groups in total. The van der Waals surface area contributed by atoms with Crippen LogP contribution in [0.4, 0.5) is 10.1 Å². The molecule has 0 aliphatic rings. The van der Waals surface area contributed by atoms with Gasteiger partial charge in [0.25, 0.3) is 0 Å². The summed E-state index contributed by atoms with van der Waals surface area (Å²) in [6, 6.07) is 9.11. The Labute approximate surface area is 137 Å². The number of azide groups is 1. The van der Waals surface area contributed by atoms with Crippen LogP contribution in [0.1, 0.15) is 15.9 Å². The monoisotopic (exact) mass is 331 g/mol. The van der Waals surface area contributed by atoms with Crippen molar-refractivity contribution >= 4 is 11.7 Å². The number of nitrogens with zero attached hydrogens (tertiary/aromatic N) is 3. The van der Waals surface area contributed by atoms with Crippen molar-refractivity contribution in [1.82, 2.24) is 0 Å². The van der Waals surface area contributed by atoms with E-state index in [4.69, 9.17) is 15.0 Å². The zero-order chi connectivity index (χ0) is 17.5. The number of carbonyl (C=O) groups excluding carboxylic acids is 1. The van der Waals surface area contributed by atoms with Crippen molar-refractivity contribution in [2.75, 3.05) is 14.2 Å². The van der Waals surface area contributed by atoms with Crippen LogP contribution in [0.2, 0.25) is 0 Å². The van der Waals surface area contributed by atoms with Gasteiger partial charge in [-0.05, 0) is 35.4 Å². The fourth-order valence-electron chi connectivity index (χ4n) is 1.94. The maximum Gasteiger partial charge on any atom is 0.338 e. The Bertz CT molecular complexity index is 787. The zero-order valence-electron chi connectivity index (χ0n) is 13.0. The lowest BCUT2D eigenvalue weighted by Gasteiger charge is -2.11. The van der Waals surface area contributed by atoms with Crippen LogP contribution in [-0.2, 0) is 11.3 Å². The Morgan fingerprint density at radius 1 is 1.25 bits per heavy atom. The van der Waals surface area contributed by atoms with Crippen LogP contribution in [0.25, 0.3) is 10.4 Å². The first-order valence-electron chi connectivity index (χ1n) is 6.81. The van der Waals surface area contributed by atoms with Crippen molar-refractivity contribution in [3.05, 3.63) is 63.8 Å².